The molecule has 1 saturated heterocycles. The number of fused-ring (bicyclic) bond motifs is 1. The van der Waals surface area contributed by atoms with E-state index in [1.807, 2.05) is 18.3 Å². The third-order valence-electron chi connectivity index (χ3n) is 6.19. The third-order valence-corrected chi connectivity index (χ3v) is 7.30. The fourth-order valence-electron chi connectivity index (χ4n) is 4.16. The maximum atomic E-state index is 12.0. The minimum Gasteiger partial charge on any atom is -0.391 e. The molecule has 0 unspecified atom stereocenters. The van der Waals surface area contributed by atoms with Crippen LogP contribution in [0.25, 0.3) is 5.65 Å². The fourth-order valence-corrected chi connectivity index (χ4v) is 4.83. The lowest BCUT2D eigenvalue weighted by molar-refractivity contribution is 0.0883. The van der Waals surface area contributed by atoms with Gasteiger partial charge in [-0.05, 0) is 49.9 Å². The molecule has 32 heavy (non-hydrogen) atoms. The van der Waals surface area contributed by atoms with Crippen LogP contribution in [0.3, 0.4) is 0 Å². The molecule has 1 saturated carbocycles. The first-order chi connectivity index (χ1) is 15.4. The van der Waals surface area contributed by atoms with E-state index in [4.69, 9.17) is 4.98 Å². The molecule has 10 heteroatoms. The lowest BCUT2D eigenvalue weighted by Gasteiger charge is -2.28. The molecule has 4 N–H and O–H groups in total. The van der Waals surface area contributed by atoms with Gasteiger partial charge in [-0.1, -0.05) is 6.07 Å². The second kappa shape index (κ2) is 8.34. The van der Waals surface area contributed by atoms with E-state index in [0.29, 0.717) is 36.3 Å². The smallest absolute Gasteiger partial charge is 0.175 e. The van der Waals surface area contributed by atoms with Gasteiger partial charge >= 0.3 is 0 Å². The van der Waals surface area contributed by atoms with E-state index in [9.17, 15) is 13.5 Å². The van der Waals surface area contributed by atoms with Crippen LogP contribution in [0.5, 0.6) is 0 Å². The van der Waals surface area contributed by atoms with Gasteiger partial charge in [0, 0.05) is 42.6 Å². The SMILES string of the molecule is CS(=O)(=O)c1cccc(Nc2cc(NC[C@H]3CCNC[C@@H]3O)nc3c(C4CC4)cnn23)c1. The highest BCUT2D eigenvalue weighted by Crippen LogP contribution is 2.42. The summed E-state index contributed by atoms with van der Waals surface area (Å²) in [5, 5.41) is 24.7. The summed E-state index contributed by atoms with van der Waals surface area (Å²) >= 11 is 0. The number of aromatic nitrogens is 3. The summed E-state index contributed by atoms with van der Waals surface area (Å²) in [5.41, 5.74) is 2.58. The van der Waals surface area contributed by atoms with Gasteiger partial charge in [0.1, 0.15) is 11.6 Å². The van der Waals surface area contributed by atoms with Crippen molar-refractivity contribution in [3.8, 4) is 0 Å². The van der Waals surface area contributed by atoms with Crippen LogP contribution in [0.15, 0.2) is 41.4 Å². The van der Waals surface area contributed by atoms with E-state index in [2.05, 4.69) is 21.0 Å². The largest absolute Gasteiger partial charge is 0.391 e. The Balaban J connectivity index is 1.47. The Bertz CT molecular complexity index is 1240. The van der Waals surface area contributed by atoms with Gasteiger partial charge in [0.05, 0.1) is 17.2 Å². The average Bonchev–Trinajstić information content (AvgIpc) is 3.52. The highest BCUT2D eigenvalue weighted by molar-refractivity contribution is 7.90. The Morgan fingerprint density at radius 3 is 2.84 bits per heavy atom. The molecule has 0 spiro atoms. The summed E-state index contributed by atoms with van der Waals surface area (Å²) in [6.45, 7) is 2.13. The van der Waals surface area contributed by atoms with Gasteiger partial charge in [-0.15, -0.1) is 0 Å². The second-order valence-electron chi connectivity index (χ2n) is 8.76. The minimum absolute atomic E-state index is 0.157. The van der Waals surface area contributed by atoms with Crippen LogP contribution in [0.4, 0.5) is 17.3 Å². The van der Waals surface area contributed by atoms with Crippen LogP contribution < -0.4 is 16.0 Å². The summed E-state index contributed by atoms with van der Waals surface area (Å²) in [6.07, 6.45) is 5.87. The van der Waals surface area contributed by atoms with Crippen molar-refractivity contribution in [3.63, 3.8) is 0 Å². The molecular formula is C22H28N6O3S. The van der Waals surface area contributed by atoms with Crippen LogP contribution in [0, 0.1) is 5.92 Å². The molecule has 2 aliphatic rings. The molecule has 2 aromatic heterocycles. The first kappa shape index (κ1) is 21.2. The Kier molecular flexibility index (Phi) is 5.52. The number of sulfone groups is 1. The van der Waals surface area contributed by atoms with E-state index in [0.717, 1.165) is 37.0 Å². The van der Waals surface area contributed by atoms with Crippen molar-refractivity contribution >= 4 is 32.8 Å². The first-order valence-corrected chi connectivity index (χ1v) is 12.9. The third kappa shape index (κ3) is 4.43. The number of rotatable bonds is 7. The Labute approximate surface area is 187 Å². The van der Waals surface area contributed by atoms with Gasteiger partial charge in [0.15, 0.2) is 15.5 Å². The van der Waals surface area contributed by atoms with Crippen molar-refractivity contribution < 1.29 is 13.5 Å². The Hall–Kier alpha value is -2.69. The maximum absolute atomic E-state index is 12.0. The predicted octanol–water partition coefficient (Wildman–Crippen LogP) is 2.14. The number of anilines is 3. The van der Waals surface area contributed by atoms with Crippen molar-refractivity contribution in [2.24, 2.45) is 5.92 Å². The van der Waals surface area contributed by atoms with Gasteiger partial charge in [-0.25, -0.2) is 13.4 Å². The zero-order chi connectivity index (χ0) is 22.3. The van der Waals surface area contributed by atoms with Crippen LogP contribution >= 0.6 is 0 Å². The van der Waals surface area contributed by atoms with Crippen molar-refractivity contribution in [1.29, 1.82) is 0 Å². The number of benzene rings is 1. The summed E-state index contributed by atoms with van der Waals surface area (Å²) in [6, 6.07) is 8.61. The number of nitrogens with one attached hydrogen (secondary N) is 3. The van der Waals surface area contributed by atoms with Gasteiger partial charge in [0.25, 0.3) is 0 Å². The number of nitrogens with zero attached hydrogens (tertiary/aromatic N) is 3. The molecule has 0 bridgehead atoms. The van der Waals surface area contributed by atoms with Crippen molar-refractivity contribution in [1.82, 2.24) is 19.9 Å². The molecule has 1 aromatic carbocycles. The molecule has 1 aliphatic heterocycles. The van der Waals surface area contributed by atoms with Gasteiger partial charge in [-0.2, -0.15) is 9.61 Å². The standard InChI is InChI=1S/C22H28N6O3S/c1-32(30,31)17-4-2-3-16(9-17)26-21-10-20(24-11-15-7-8-23-13-19(15)29)27-22-18(14-5-6-14)12-25-28(21)22/h2-4,9-10,12,14-15,19,23,26,29H,5-8,11,13H2,1H3,(H,24,27)/t15-,19+/m1/s1. The number of aliphatic hydroxyl groups excluding tert-OH is 1. The van der Waals surface area contributed by atoms with E-state index in [1.165, 1.54) is 6.26 Å². The normalized spacial score (nSPS) is 21.6. The topological polar surface area (TPSA) is 121 Å². The lowest BCUT2D eigenvalue weighted by atomic mass is 9.95. The minimum atomic E-state index is -3.31. The summed E-state index contributed by atoms with van der Waals surface area (Å²) in [5.74, 6) is 2.04. The van der Waals surface area contributed by atoms with Crippen LogP contribution in [0.1, 0.15) is 30.7 Å². The van der Waals surface area contributed by atoms with Crippen LogP contribution in [0.2, 0.25) is 0 Å². The van der Waals surface area contributed by atoms with Gasteiger partial charge in [0.2, 0.25) is 0 Å². The summed E-state index contributed by atoms with van der Waals surface area (Å²) in [4.78, 5) is 5.08. The summed E-state index contributed by atoms with van der Waals surface area (Å²) < 4.78 is 25.7. The number of hydrogen-bond donors (Lipinski definition) is 4. The van der Waals surface area contributed by atoms with E-state index < -0.39 is 9.84 Å². The molecule has 5 rings (SSSR count). The molecule has 0 amide bonds. The number of aliphatic hydroxyl groups is 1. The molecule has 0 radical (unpaired) electrons. The molecule has 170 valence electrons. The monoisotopic (exact) mass is 456 g/mol. The van der Waals surface area contributed by atoms with Crippen molar-refractivity contribution in [3.05, 3.63) is 42.1 Å². The molecule has 1 aliphatic carbocycles. The summed E-state index contributed by atoms with van der Waals surface area (Å²) in [7, 11) is -3.31. The van der Waals surface area contributed by atoms with E-state index in [-0.39, 0.29) is 16.9 Å². The van der Waals surface area contributed by atoms with Crippen molar-refractivity contribution in [2.75, 3.05) is 36.5 Å². The van der Waals surface area contributed by atoms with Crippen molar-refractivity contribution in [2.45, 2.75) is 36.2 Å². The second-order valence-corrected chi connectivity index (χ2v) is 10.8. The molecular weight excluding hydrogens is 428 g/mol. The number of β-amino-alcohol motifs (C(OH)–C–C–N with tert-alkyl or cyclic N) is 1. The number of piperidine rings is 1. The van der Waals surface area contributed by atoms with E-state index >= 15 is 0 Å². The highest BCUT2D eigenvalue weighted by atomic mass is 32.2. The Morgan fingerprint density at radius 2 is 2.09 bits per heavy atom. The highest BCUT2D eigenvalue weighted by Gasteiger charge is 2.28. The molecule has 2 fully saturated rings. The zero-order valence-corrected chi connectivity index (χ0v) is 18.8. The Morgan fingerprint density at radius 1 is 1.25 bits per heavy atom. The number of hydrogen-bond acceptors (Lipinski definition) is 8. The zero-order valence-electron chi connectivity index (χ0n) is 18.0. The molecule has 3 heterocycles. The molecule has 9 nitrogen and oxygen atoms in total. The molecule has 2 atom stereocenters. The van der Waals surface area contributed by atoms with Gasteiger partial charge < -0.3 is 21.1 Å². The lowest BCUT2D eigenvalue weighted by Crippen LogP contribution is -2.43. The fraction of sp³-hybridized carbons (Fsp3) is 0.455. The van der Waals surface area contributed by atoms with Crippen LogP contribution in [-0.2, 0) is 9.84 Å². The van der Waals surface area contributed by atoms with Gasteiger partial charge in [-0.3, -0.25) is 0 Å². The quantitative estimate of drug-likeness (QED) is 0.427. The molecule has 3 aromatic rings. The van der Waals surface area contributed by atoms with Crippen LogP contribution in [-0.4, -0.2) is 60.1 Å². The first-order valence-electron chi connectivity index (χ1n) is 11.0. The average molecular weight is 457 g/mol. The predicted molar refractivity (Wildman–Crippen MR) is 123 cm³/mol. The maximum Gasteiger partial charge on any atom is 0.175 e. The van der Waals surface area contributed by atoms with E-state index in [1.54, 1.807) is 22.7 Å².